The zero-order valence-electron chi connectivity index (χ0n) is 17.9. The summed E-state index contributed by atoms with van der Waals surface area (Å²) in [7, 11) is -3.88. The predicted molar refractivity (Wildman–Crippen MR) is 112 cm³/mol. The van der Waals surface area contributed by atoms with Gasteiger partial charge >= 0.3 is 155 Å². The van der Waals surface area contributed by atoms with E-state index >= 15 is 0 Å². The van der Waals surface area contributed by atoms with Crippen LogP contribution in [0.4, 0.5) is 0 Å². The quantitative estimate of drug-likeness (QED) is 0.580. The number of aryl methyl sites for hydroxylation is 1. The molecule has 0 aliphatic heterocycles. The van der Waals surface area contributed by atoms with Crippen molar-refractivity contribution in [3.05, 3.63) is 29.8 Å². The SMILES string of the molecule is Cc1ccc(S(=O)(=O)OP(C)(C(C)(C)C)(C(C)(C)C)C(C)(C)C)cc1. The second kappa shape index (κ2) is 6.04. The van der Waals surface area contributed by atoms with E-state index < -0.39 is 16.9 Å². The van der Waals surface area contributed by atoms with Crippen LogP contribution in [0.2, 0.25) is 0 Å². The number of benzene rings is 1. The molecule has 0 saturated carbocycles. The molecule has 3 nitrogen and oxygen atoms in total. The Morgan fingerprint density at radius 2 is 1.08 bits per heavy atom. The van der Waals surface area contributed by atoms with Gasteiger partial charge in [-0.15, -0.1) is 0 Å². The van der Waals surface area contributed by atoms with Crippen molar-refractivity contribution >= 4 is 16.9 Å². The van der Waals surface area contributed by atoms with Crippen LogP contribution in [0.25, 0.3) is 0 Å². The summed E-state index contributed by atoms with van der Waals surface area (Å²) in [5, 5.41) is -0.959. The maximum absolute atomic E-state index is 13.3. The van der Waals surface area contributed by atoms with Crippen LogP contribution < -0.4 is 0 Å². The van der Waals surface area contributed by atoms with Crippen molar-refractivity contribution in [1.29, 1.82) is 0 Å². The molecule has 1 aromatic carbocycles. The minimum absolute atomic E-state index is 0.228. The molecule has 0 atom stereocenters. The third kappa shape index (κ3) is 3.19. The maximum atomic E-state index is 13.3. The van der Waals surface area contributed by atoms with Crippen molar-refractivity contribution in [3.63, 3.8) is 0 Å². The summed E-state index contributed by atoms with van der Waals surface area (Å²) >= 11 is 0. The Labute approximate surface area is 155 Å². The first-order valence-electron chi connectivity index (χ1n) is 8.83. The Kier molecular flexibility index (Phi) is 5.46. The molecule has 0 aliphatic carbocycles. The predicted octanol–water partition coefficient (Wildman–Crippen LogP) is 6.19. The first kappa shape index (κ1) is 22.6. The van der Waals surface area contributed by atoms with Crippen LogP contribution in [-0.2, 0) is 14.1 Å². The van der Waals surface area contributed by atoms with Crippen LogP contribution in [0.1, 0.15) is 67.9 Å². The normalized spacial score (nSPS) is 16.4. The van der Waals surface area contributed by atoms with Crippen molar-refractivity contribution in [2.24, 2.45) is 0 Å². The van der Waals surface area contributed by atoms with E-state index in [-0.39, 0.29) is 20.4 Å². The monoisotopic (exact) mass is 388 g/mol. The Balaban J connectivity index is 3.81. The first-order valence-corrected chi connectivity index (χ1v) is 12.8. The molecule has 0 saturated heterocycles. The Bertz CT molecular complexity index is 688. The Morgan fingerprint density at radius 1 is 0.760 bits per heavy atom. The summed E-state index contributed by atoms with van der Waals surface area (Å²) < 4.78 is 33.1. The van der Waals surface area contributed by atoms with Gasteiger partial charge in [0.15, 0.2) is 0 Å². The fourth-order valence-corrected chi connectivity index (χ4v) is 15.8. The van der Waals surface area contributed by atoms with E-state index in [2.05, 4.69) is 69.0 Å². The fraction of sp³-hybridized carbons (Fsp3) is 0.700. The molecule has 0 radical (unpaired) electrons. The Hall–Kier alpha value is -0.440. The molecule has 0 bridgehead atoms. The average molecular weight is 389 g/mol. The Morgan fingerprint density at radius 3 is 1.36 bits per heavy atom. The zero-order valence-corrected chi connectivity index (χ0v) is 19.6. The van der Waals surface area contributed by atoms with Crippen LogP contribution in [-0.4, -0.2) is 30.6 Å². The van der Waals surface area contributed by atoms with Crippen LogP contribution in [0.5, 0.6) is 0 Å². The molecule has 1 rings (SSSR count). The van der Waals surface area contributed by atoms with Crippen LogP contribution in [0.3, 0.4) is 0 Å². The molecule has 0 heterocycles. The van der Waals surface area contributed by atoms with E-state index in [9.17, 15) is 8.42 Å². The van der Waals surface area contributed by atoms with Crippen molar-refractivity contribution in [2.45, 2.75) is 89.6 Å². The molecule has 0 spiro atoms. The van der Waals surface area contributed by atoms with Crippen molar-refractivity contribution in [3.8, 4) is 0 Å². The summed E-state index contributed by atoms with van der Waals surface area (Å²) in [5.41, 5.74) is 1.02. The van der Waals surface area contributed by atoms with Gasteiger partial charge in [-0.05, 0) is 0 Å². The van der Waals surface area contributed by atoms with Crippen LogP contribution >= 0.6 is 6.83 Å². The number of rotatable bonds is 3. The van der Waals surface area contributed by atoms with E-state index in [1.54, 1.807) is 12.1 Å². The second-order valence-electron chi connectivity index (χ2n) is 10.3. The topological polar surface area (TPSA) is 43.4 Å². The van der Waals surface area contributed by atoms with Gasteiger partial charge in [0.25, 0.3) is 0 Å². The minimum atomic E-state index is -3.88. The molecule has 25 heavy (non-hydrogen) atoms. The van der Waals surface area contributed by atoms with E-state index in [0.717, 1.165) is 5.56 Å². The molecule has 0 amide bonds. The van der Waals surface area contributed by atoms with Gasteiger partial charge in [-0.2, -0.15) is 0 Å². The van der Waals surface area contributed by atoms with Gasteiger partial charge < -0.3 is 0 Å². The van der Waals surface area contributed by atoms with E-state index in [4.69, 9.17) is 3.97 Å². The summed E-state index contributed by atoms with van der Waals surface area (Å²) in [4.78, 5) is 0.228. The van der Waals surface area contributed by atoms with Gasteiger partial charge in [-0.1, -0.05) is 0 Å². The number of hydrogen-bond acceptors (Lipinski definition) is 3. The third-order valence-electron chi connectivity index (χ3n) is 6.44. The van der Waals surface area contributed by atoms with E-state index in [1.165, 1.54) is 0 Å². The summed E-state index contributed by atoms with van der Waals surface area (Å²) in [6.07, 6.45) is 0. The van der Waals surface area contributed by atoms with Gasteiger partial charge in [0.2, 0.25) is 0 Å². The van der Waals surface area contributed by atoms with Gasteiger partial charge in [0, 0.05) is 0 Å². The molecule has 0 N–H and O–H groups in total. The number of hydrogen-bond donors (Lipinski definition) is 0. The molecule has 5 heteroatoms. The van der Waals surface area contributed by atoms with Gasteiger partial charge in [-0.3, -0.25) is 0 Å². The fourth-order valence-electron chi connectivity index (χ4n) is 4.35. The molecule has 1 aromatic rings. The molecule has 0 unspecified atom stereocenters. The summed E-state index contributed by atoms with van der Waals surface area (Å²) in [5.74, 6) is 0. The third-order valence-corrected chi connectivity index (χ3v) is 19.3. The standard InChI is InChI=1S/C20H37O3PS/c1-16-12-14-17(15-13-16)25(21,22)23-24(11,18(2,3)4,19(5,6)7)20(8,9)10/h12-15H,1-11H3. The molecule has 146 valence electrons. The summed E-state index contributed by atoms with van der Waals surface area (Å²) in [6, 6.07) is 6.90. The molecule has 0 fully saturated rings. The van der Waals surface area contributed by atoms with Gasteiger partial charge in [-0.25, -0.2) is 0 Å². The average Bonchev–Trinajstić information content (AvgIpc) is 2.34. The molecule has 0 aliphatic rings. The first-order chi connectivity index (χ1) is 10.8. The van der Waals surface area contributed by atoms with Crippen LogP contribution in [0.15, 0.2) is 29.2 Å². The van der Waals surface area contributed by atoms with Crippen molar-refractivity contribution in [2.75, 3.05) is 6.66 Å². The van der Waals surface area contributed by atoms with Crippen molar-refractivity contribution < 1.29 is 12.4 Å². The molecule has 0 aromatic heterocycles. The molecular formula is C20H37O3PS. The molecular weight excluding hydrogens is 351 g/mol. The van der Waals surface area contributed by atoms with Gasteiger partial charge in [0.05, 0.1) is 0 Å². The van der Waals surface area contributed by atoms with Crippen LogP contribution in [0, 0.1) is 6.92 Å². The van der Waals surface area contributed by atoms with E-state index in [0.29, 0.717) is 0 Å². The second-order valence-corrected chi connectivity index (χ2v) is 19.2. The van der Waals surface area contributed by atoms with Crippen molar-refractivity contribution in [1.82, 2.24) is 0 Å². The van der Waals surface area contributed by atoms with E-state index in [1.807, 2.05) is 19.1 Å². The summed E-state index contributed by atoms with van der Waals surface area (Å²) in [6.45, 7) is 19.8. The van der Waals surface area contributed by atoms with Gasteiger partial charge in [0.1, 0.15) is 0 Å². The zero-order chi connectivity index (χ0) is 20.1.